The first-order valence-electron chi connectivity index (χ1n) is 6.26. The third-order valence-corrected chi connectivity index (χ3v) is 3.74. The van der Waals surface area contributed by atoms with Gasteiger partial charge in [0.05, 0.1) is 12.1 Å². The molecule has 1 aromatic rings. The molecule has 1 aliphatic carbocycles. The second-order valence-electron chi connectivity index (χ2n) is 4.54. The average Bonchev–Trinajstić information content (AvgIpc) is 2.35. The van der Waals surface area contributed by atoms with Crippen LogP contribution in [0, 0.1) is 0 Å². The van der Waals surface area contributed by atoms with Crippen LogP contribution in [0.2, 0.25) is 5.02 Å². The Morgan fingerprint density at radius 3 is 2.82 bits per heavy atom. The van der Waals surface area contributed by atoms with E-state index in [0.29, 0.717) is 5.02 Å². The van der Waals surface area contributed by atoms with Gasteiger partial charge in [0.15, 0.2) is 0 Å². The molecule has 0 bridgehead atoms. The van der Waals surface area contributed by atoms with Crippen LogP contribution in [0.5, 0.6) is 5.75 Å². The number of aryl methyl sites for hydroxylation is 1. The lowest BCUT2D eigenvalue weighted by atomic mass is 9.86. The van der Waals surface area contributed by atoms with Gasteiger partial charge in [-0.05, 0) is 61.3 Å². The minimum Gasteiger partial charge on any atom is -0.495 e. The summed E-state index contributed by atoms with van der Waals surface area (Å²) >= 11 is 6.26. The smallest absolute Gasteiger partial charge is 0.140 e. The Morgan fingerprint density at radius 1 is 1.35 bits per heavy atom. The lowest BCUT2D eigenvalue weighted by Crippen LogP contribution is -2.09. The van der Waals surface area contributed by atoms with Crippen molar-refractivity contribution in [1.82, 2.24) is 0 Å². The third kappa shape index (κ3) is 2.58. The number of aliphatic hydroxyl groups is 1. The molecule has 17 heavy (non-hydrogen) atoms. The Balaban J connectivity index is 2.45. The zero-order valence-corrected chi connectivity index (χ0v) is 11.0. The topological polar surface area (TPSA) is 29.5 Å². The van der Waals surface area contributed by atoms with Crippen LogP contribution in [-0.2, 0) is 19.3 Å². The molecule has 1 aliphatic rings. The van der Waals surface area contributed by atoms with Gasteiger partial charge in [0.1, 0.15) is 5.75 Å². The number of hydrogen-bond donors (Lipinski definition) is 1. The van der Waals surface area contributed by atoms with Gasteiger partial charge in [0.25, 0.3) is 0 Å². The summed E-state index contributed by atoms with van der Waals surface area (Å²) in [4.78, 5) is 0. The molecule has 0 unspecified atom stereocenters. The van der Waals surface area contributed by atoms with Crippen molar-refractivity contribution in [3.05, 3.63) is 27.8 Å². The fraction of sp³-hybridized carbons (Fsp3) is 0.571. The van der Waals surface area contributed by atoms with Crippen LogP contribution in [-0.4, -0.2) is 18.8 Å². The molecule has 2 rings (SSSR count). The summed E-state index contributed by atoms with van der Waals surface area (Å²) in [6, 6.07) is 2.05. The first-order valence-corrected chi connectivity index (χ1v) is 6.63. The Morgan fingerprint density at radius 2 is 2.12 bits per heavy atom. The SMILES string of the molecule is COc1c(Cl)cc2c(c1CCCO)CCCC2. The van der Waals surface area contributed by atoms with Gasteiger partial charge < -0.3 is 9.84 Å². The monoisotopic (exact) mass is 254 g/mol. The second-order valence-corrected chi connectivity index (χ2v) is 4.95. The van der Waals surface area contributed by atoms with Crippen molar-refractivity contribution < 1.29 is 9.84 Å². The summed E-state index contributed by atoms with van der Waals surface area (Å²) in [6.45, 7) is 0.213. The molecule has 2 nitrogen and oxygen atoms in total. The van der Waals surface area contributed by atoms with Crippen molar-refractivity contribution in [1.29, 1.82) is 0 Å². The molecule has 0 aliphatic heterocycles. The van der Waals surface area contributed by atoms with Gasteiger partial charge in [0.2, 0.25) is 0 Å². The minimum absolute atomic E-state index is 0.213. The highest BCUT2D eigenvalue weighted by atomic mass is 35.5. The van der Waals surface area contributed by atoms with E-state index in [4.69, 9.17) is 21.4 Å². The summed E-state index contributed by atoms with van der Waals surface area (Å²) in [5.41, 5.74) is 3.99. The molecule has 1 aromatic carbocycles. The van der Waals surface area contributed by atoms with Crippen molar-refractivity contribution in [3.8, 4) is 5.75 Å². The number of aliphatic hydroxyl groups excluding tert-OH is 1. The van der Waals surface area contributed by atoms with Crippen LogP contribution in [0.25, 0.3) is 0 Å². The predicted octanol–water partition coefficient (Wildman–Crippen LogP) is 3.15. The zero-order chi connectivity index (χ0) is 12.3. The molecule has 0 aromatic heterocycles. The highest BCUT2D eigenvalue weighted by molar-refractivity contribution is 6.32. The van der Waals surface area contributed by atoms with E-state index >= 15 is 0 Å². The first-order chi connectivity index (χ1) is 8.27. The standard InChI is InChI=1S/C14H19ClO2/c1-17-14-12(7-4-8-16)11-6-3-2-5-10(11)9-13(14)15/h9,16H,2-8H2,1H3. The summed E-state index contributed by atoms with van der Waals surface area (Å²) in [6.07, 6.45) is 6.33. The van der Waals surface area contributed by atoms with E-state index in [1.165, 1.54) is 29.5 Å². The maximum absolute atomic E-state index is 8.99. The van der Waals surface area contributed by atoms with E-state index in [2.05, 4.69) is 6.07 Å². The largest absolute Gasteiger partial charge is 0.495 e. The molecule has 94 valence electrons. The highest BCUT2D eigenvalue weighted by Gasteiger charge is 2.19. The molecule has 0 fully saturated rings. The van der Waals surface area contributed by atoms with Crippen LogP contribution in [0.3, 0.4) is 0 Å². The number of rotatable bonds is 4. The van der Waals surface area contributed by atoms with Crippen LogP contribution in [0.4, 0.5) is 0 Å². The normalized spacial score (nSPS) is 14.5. The molecule has 0 radical (unpaired) electrons. The van der Waals surface area contributed by atoms with Crippen molar-refractivity contribution in [3.63, 3.8) is 0 Å². The van der Waals surface area contributed by atoms with Crippen LogP contribution >= 0.6 is 11.6 Å². The Kier molecular flexibility index (Phi) is 4.30. The van der Waals surface area contributed by atoms with Crippen LogP contribution < -0.4 is 4.74 Å². The van der Waals surface area contributed by atoms with E-state index in [1.807, 2.05) is 0 Å². The molecule has 0 spiro atoms. The molecule has 0 atom stereocenters. The summed E-state index contributed by atoms with van der Waals surface area (Å²) in [5.74, 6) is 0.806. The van der Waals surface area contributed by atoms with Gasteiger partial charge in [0, 0.05) is 6.61 Å². The molecule has 3 heteroatoms. The highest BCUT2D eigenvalue weighted by Crippen LogP contribution is 2.37. The summed E-state index contributed by atoms with van der Waals surface area (Å²) < 4.78 is 5.43. The van der Waals surface area contributed by atoms with Gasteiger partial charge in [-0.1, -0.05) is 11.6 Å². The van der Waals surface area contributed by atoms with E-state index in [9.17, 15) is 0 Å². The zero-order valence-electron chi connectivity index (χ0n) is 10.3. The number of fused-ring (bicyclic) bond motifs is 1. The maximum Gasteiger partial charge on any atom is 0.140 e. The summed E-state index contributed by atoms with van der Waals surface area (Å²) in [7, 11) is 1.67. The number of ether oxygens (including phenoxy) is 1. The molecule has 0 saturated heterocycles. The van der Waals surface area contributed by atoms with Gasteiger partial charge in [-0.2, -0.15) is 0 Å². The van der Waals surface area contributed by atoms with Crippen LogP contribution in [0.15, 0.2) is 6.07 Å². The van der Waals surface area contributed by atoms with Crippen LogP contribution in [0.1, 0.15) is 36.0 Å². The van der Waals surface area contributed by atoms with E-state index in [0.717, 1.165) is 31.4 Å². The van der Waals surface area contributed by atoms with Crippen molar-refractivity contribution in [2.24, 2.45) is 0 Å². The van der Waals surface area contributed by atoms with Crippen molar-refractivity contribution in [2.75, 3.05) is 13.7 Å². The molecular formula is C14H19ClO2. The Hall–Kier alpha value is -0.730. The van der Waals surface area contributed by atoms with Crippen molar-refractivity contribution in [2.45, 2.75) is 38.5 Å². The Labute approximate surface area is 108 Å². The molecule has 0 amide bonds. The lowest BCUT2D eigenvalue weighted by Gasteiger charge is -2.22. The molecule has 0 heterocycles. The van der Waals surface area contributed by atoms with E-state index in [-0.39, 0.29) is 6.61 Å². The fourth-order valence-electron chi connectivity index (χ4n) is 2.67. The van der Waals surface area contributed by atoms with E-state index < -0.39 is 0 Å². The minimum atomic E-state index is 0.213. The third-order valence-electron chi connectivity index (χ3n) is 3.46. The van der Waals surface area contributed by atoms with Gasteiger partial charge in [-0.3, -0.25) is 0 Å². The number of hydrogen-bond acceptors (Lipinski definition) is 2. The number of benzene rings is 1. The molecule has 0 saturated carbocycles. The van der Waals surface area contributed by atoms with Crippen molar-refractivity contribution >= 4 is 11.6 Å². The second kappa shape index (κ2) is 5.74. The average molecular weight is 255 g/mol. The lowest BCUT2D eigenvalue weighted by molar-refractivity contribution is 0.287. The Bertz CT molecular complexity index is 402. The number of methoxy groups -OCH3 is 1. The first kappa shape index (κ1) is 12.7. The maximum atomic E-state index is 8.99. The predicted molar refractivity (Wildman–Crippen MR) is 70.1 cm³/mol. The fourth-order valence-corrected chi connectivity index (χ4v) is 3.00. The van der Waals surface area contributed by atoms with E-state index in [1.54, 1.807) is 7.11 Å². The molecule has 1 N–H and O–H groups in total. The molecular weight excluding hydrogens is 236 g/mol. The quantitative estimate of drug-likeness (QED) is 0.895. The van der Waals surface area contributed by atoms with Gasteiger partial charge in [-0.15, -0.1) is 0 Å². The van der Waals surface area contributed by atoms with Gasteiger partial charge >= 0.3 is 0 Å². The van der Waals surface area contributed by atoms with Gasteiger partial charge in [-0.25, -0.2) is 0 Å². The summed E-state index contributed by atoms with van der Waals surface area (Å²) in [5, 5.41) is 9.70. The number of halogens is 1.